The molecule has 0 saturated heterocycles. The quantitative estimate of drug-likeness (QED) is 0.727. The fourth-order valence-electron chi connectivity index (χ4n) is 1.64. The van der Waals surface area contributed by atoms with Gasteiger partial charge >= 0.3 is 0 Å². The molecule has 0 aliphatic heterocycles. The first kappa shape index (κ1) is 13.2. The van der Waals surface area contributed by atoms with E-state index in [0.717, 1.165) is 6.54 Å². The molecule has 0 fully saturated rings. The van der Waals surface area contributed by atoms with E-state index >= 15 is 0 Å². The second-order valence-electron chi connectivity index (χ2n) is 4.27. The van der Waals surface area contributed by atoms with Crippen LogP contribution in [0.25, 0.3) is 0 Å². The molecule has 1 N–H and O–H groups in total. The molecule has 2 aromatic heterocycles. The van der Waals surface area contributed by atoms with Crippen molar-refractivity contribution in [2.75, 3.05) is 27.7 Å². The van der Waals surface area contributed by atoms with Crippen molar-refractivity contribution >= 4 is 5.78 Å². The zero-order valence-electron chi connectivity index (χ0n) is 11.1. The smallest absolute Gasteiger partial charge is 0.236 e. The van der Waals surface area contributed by atoms with Crippen LogP contribution in [0.2, 0.25) is 0 Å². The SMILES string of the molecule is COc1cnn(CCN(C)C)c1C(=O)c1cn[nH]n1. The molecule has 0 spiro atoms. The van der Waals surface area contributed by atoms with Gasteiger partial charge in [0, 0.05) is 6.54 Å². The van der Waals surface area contributed by atoms with E-state index in [2.05, 4.69) is 20.5 Å². The standard InChI is InChI=1S/C11H16N6O2/c1-16(2)4-5-17-10(9(19-3)7-13-17)11(18)8-6-12-15-14-8/h6-7H,4-5H2,1-3H3,(H,12,14,15). The van der Waals surface area contributed by atoms with Gasteiger partial charge in [0.25, 0.3) is 0 Å². The molecule has 0 atom stereocenters. The lowest BCUT2D eigenvalue weighted by Crippen LogP contribution is -2.22. The Morgan fingerprint density at radius 2 is 2.26 bits per heavy atom. The molecule has 102 valence electrons. The van der Waals surface area contributed by atoms with E-state index in [9.17, 15) is 4.79 Å². The van der Waals surface area contributed by atoms with Crippen LogP contribution in [0.4, 0.5) is 0 Å². The molecule has 2 rings (SSSR count). The Labute approximate surface area is 110 Å². The van der Waals surface area contributed by atoms with Crippen molar-refractivity contribution < 1.29 is 9.53 Å². The zero-order valence-corrected chi connectivity index (χ0v) is 11.1. The topological polar surface area (TPSA) is 88.9 Å². The maximum Gasteiger partial charge on any atom is 0.236 e. The maximum atomic E-state index is 12.3. The minimum absolute atomic E-state index is 0.241. The van der Waals surface area contributed by atoms with Gasteiger partial charge in [0.1, 0.15) is 0 Å². The number of hydrogen-bond donors (Lipinski definition) is 1. The van der Waals surface area contributed by atoms with E-state index in [4.69, 9.17) is 4.74 Å². The van der Waals surface area contributed by atoms with Gasteiger partial charge in [-0.25, -0.2) is 0 Å². The number of nitrogens with one attached hydrogen (secondary N) is 1. The second-order valence-corrected chi connectivity index (χ2v) is 4.27. The van der Waals surface area contributed by atoms with E-state index in [1.54, 1.807) is 4.68 Å². The number of carbonyl (C=O) groups excluding carboxylic acids is 1. The number of aromatic nitrogens is 5. The summed E-state index contributed by atoms with van der Waals surface area (Å²) in [5, 5.41) is 14.0. The van der Waals surface area contributed by atoms with Gasteiger partial charge in [-0.2, -0.15) is 20.5 Å². The predicted octanol–water partition coefficient (Wildman–Crippen LogP) is -0.198. The van der Waals surface area contributed by atoms with Crippen molar-refractivity contribution in [2.45, 2.75) is 6.54 Å². The number of hydrogen-bond acceptors (Lipinski definition) is 6. The highest BCUT2D eigenvalue weighted by Gasteiger charge is 2.22. The largest absolute Gasteiger partial charge is 0.493 e. The molecular formula is C11H16N6O2. The Morgan fingerprint density at radius 3 is 2.84 bits per heavy atom. The van der Waals surface area contributed by atoms with Crippen molar-refractivity contribution in [3.63, 3.8) is 0 Å². The summed E-state index contributed by atoms with van der Waals surface area (Å²) >= 11 is 0. The summed E-state index contributed by atoms with van der Waals surface area (Å²) in [5.41, 5.74) is 0.628. The molecular weight excluding hydrogens is 248 g/mol. The number of carbonyl (C=O) groups is 1. The van der Waals surface area contributed by atoms with Crippen molar-refractivity contribution in [1.82, 2.24) is 30.1 Å². The van der Waals surface area contributed by atoms with E-state index in [0.29, 0.717) is 18.0 Å². The van der Waals surface area contributed by atoms with Crippen LogP contribution in [-0.4, -0.2) is 63.6 Å². The Morgan fingerprint density at radius 1 is 1.47 bits per heavy atom. The summed E-state index contributed by atoms with van der Waals surface area (Å²) in [6.07, 6.45) is 2.91. The van der Waals surface area contributed by atoms with Crippen molar-refractivity contribution in [2.24, 2.45) is 0 Å². The summed E-state index contributed by atoms with van der Waals surface area (Å²) in [5.74, 6) is 0.175. The Balaban J connectivity index is 2.31. The third-order valence-electron chi connectivity index (χ3n) is 2.65. The van der Waals surface area contributed by atoms with E-state index in [-0.39, 0.29) is 11.5 Å². The lowest BCUT2D eigenvalue weighted by Gasteiger charge is -2.11. The van der Waals surface area contributed by atoms with Crippen LogP contribution in [0.5, 0.6) is 5.75 Å². The van der Waals surface area contributed by atoms with Crippen LogP contribution in [0.15, 0.2) is 12.4 Å². The minimum atomic E-state index is -0.262. The highest BCUT2D eigenvalue weighted by molar-refractivity contribution is 6.08. The molecule has 0 unspecified atom stereocenters. The van der Waals surface area contributed by atoms with E-state index in [1.165, 1.54) is 19.5 Å². The number of ether oxygens (including phenoxy) is 1. The second kappa shape index (κ2) is 5.61. The molecule has 0 aliphatic carbocycles. The van der Waals surface area contributed by atoms with Crippen LogP contribution in [0.3, 0.4) is 0 Å². The van der Waals surface area contributed by atoms with Crippen LogP contribution in [0, 0.1) is 0 Å². The molecule has 0 aliphatic rings. The highest BCUT2D eigenvalue weighted by atomic mass is 16.5. The summed E-state index contributed by atoms with van der Waals surface area (Å²) in [7, 11) is 5.42. The normalized spacial score (nSPS) is 10.9. The zero-order chi connectivity index (χ0) is 13.8. The number of aromatic amines is 1. The number of ketones is 1. The molecule has 19 heavy (non-hydrogen) atoms. The van der Waals surface area contributed by atoms with Crippen LogP contribution in [-0.2, 0) is 6.54 Å². The summed E-state index contributed by atoms with van der Waals surface area (Å²) in [6, 6.07) is 0. The molecule has 0 bridgehead atoms. The van der Waals surface area contributed by atoms with Gasteiger partial charge in [-0.3, -0.25) is 9.48 Å². The molecule has 0 saturated carbocycles. The van der Waals surface area contributed by atoms with Crippen LogP contribution in [0.1, 0.15) is 16.2 Å². The molecule has 8 nitrogen and oxygen atoms in total. The summed E-state index contributed by atoms with van der Waals surface area (Å²) in [4.78, 5) is 14.3. The third-order valence-corrected chi connectivity index (χ3v) is 2.65. The molecule has 0 aromatic carbocycles. The van der Waals surface area contributed by atoms with Crippen molar-refractivity contribution in [3.8, 4) is 5.75 Å². The monoisotopic (exact) mass is 264 g/mol. The van der Waals surface area contributed by atoms with Crippen LogP contribution >= 0.6 is 0 Å². The van der Waals surface area contributed by atoms with Gasteiger partial charge in [-0.05, 0) is 14.1 Å². The van der Waals surface area contributed by atoms with E-state index < -0.39 is 0 Å². The molecule has 0 radical (unpaired) electrons. The number of nitrogens with zero attached hydrogens (tertiary/aromatic N) is 5. The maximum absolute atomic E-state index is 12.3. The van der Waals surface area contributed by atoms with Crippen molar-refractivity contribution in [1.29, 1.82) is 0 Å². The fraction of sp³-hybridized carbons (Fsp3) is 0.455. The average Bonchev–Trinajstić information content (AvgIpc) is 3.04. The molecule has 0 amide bonds. The predicted molar refractivity (Wildman–Crippen MR) is 67.1 cm³/mol. The Kier molecular flexibility index (Phi) is 3.91. The first-order valence-corrected chi connectivity index (χ1v) is 5.78. The Bertz CT molecular complexity index is 546. The first-order valence-electron chi connectivity index (χ1n) is 5.78. The molecule has 8 heteroatoms. The fourth-order valence-corrected chi connectivity index (χ4v) is 1.64. The summed E-state index contributed by atoms with van der Waals surface area (Å²) in [6.45, 7) is 1.36. The minimum Gasteiger partial charge on any atom is -0.493 e. The van der Waals surface area contributed by atoms with Crippen molar-refractivity contribution in [3.05, 3.63) is 23.8 Å². The lowest BCUT2D eigenvalue weighted by atomic mass is 10.2. The molecule has 2 heterocycles. The van der Waals surface area contributed by atoms with Gasteiger partial charge in [-0.1, -0.05) is 0 Å². The number of H-pyrrole nitrogens is 1. The van der Waals surface area contributed by atoms with Gasteiger partial charge < -0.3 is 9.64 Å². The summed E-state index contributed by atoms with van der Waals surface area (Å²) < 4.78 is 6.80. The highest BCUT2D eigenvalue weighted by Crippen LogP contribution is 2.20. The number of methoxy groups -OCH3 is 1. The van der Waals surface area contributed by atoms with E-state index in [1.807, 2.05) is 19.0 Å². The van der Waals surface area contributed by atoms with Gasteiger partial charge in [-0.15, -0.1) is 0 Å². The lowest BCUT2D eigenvalue weighted by molar-refractivity contribution is 0.102. The average molecular weight is 264 g/mol. The van der Waals surface area contributed by atoms with Gasteiger partial charge in [0.15, 0.2) is 17.1 Å². The van der Waals surface area contributed by atoms with Crippen LogP contribution < -0.4 is 4.74 Å². The third kappa shape index (κ3) is 2.79. The molecule has 2 aromatic rings. The van der Waals surface area contributed by atoms with Gasteiger partial charge in [0.05, 0.1) is 26.0 Å². The number of rotatable bonds is 6. The first-order chi connectivity index (χ1) is 9.13. The number of likely N-dealkylation sites (N-methyl/N-ethyl adjacent to an activating group) is 1. The Hall–Kier alpha value is -2.22. The van der Waals surface area contributed by atoms with Gasteiger partial charge in [0.2, 0.25) is 5.78 Å².